The molecule has 0 bridgehead atoms. The number of halogens is 2. The third-order valence-corrected chi connectivity index (χ3v) is 3.94. The van der Waals surface area contributed by atoms with E-state index in [1.165, 1.54) is 12.1 Å². The zero-order valence-electron chi connectivity index (χ0n) is 11.8. The minimum Gasteiger partial charge on any atom is -0.366 e. The zero-order chi connectivity index (χ0) is 14.0. The molecule has 1 aliphatic heterocycles. The molecule has 4 heteroatoms. The Morgan fingerprint density at radius 1 is 1.32 bits per heavy atom. The Balaban J connectivity index is 2.21. The quantitative estimate of drug-likeness (QED) is 0.902. The van der Waals surface area contributed by atoms with Crippen LogP contribution in [0.5, 0.6) is 0 Å². The van der Waals surface area contributed by atoms with Crippen molar-refractivity contribution in [2.24, 2.45) is 11.8 Å². The van der Waals surface area contributed by atoms with Gasteiger partial charge in [0.05, 0.1) is 0 Å². The lowest BCUT2D eigenvalue weighted by Crippen LogP contribution is -2.23. The number of benzene rings is 1. The predicted molar refractivity (Wildman–Crippen MR) is 74.3 cm³/mol. The van der Waals surface area contributed by atoms with Crippen molar-refractivity contribution in [3.63, 3.8) is 0 Å². The van der Waals surface area contributed by atoms with Crippen molar-refractivity contribution in [2.45, 2.75) is 26.8 Å². The lowest BCUT2D eigenvalue weighted by atomic mass is 9.95. The van der Waals surface area contributed by atoms with Crippen LogP contribution in [-0.4, -0.2) is 20.1 Å². The van der Waals surface area contributed by atoms with Crippen LogP contribution in [0.4, 0.5) is 14.5 Å². The summed E-state index contributed by atoms with van der Waals surface area (Å²) in [6, 6.07) is 2.86. The van der Waals surface area contributed by atoms with Gasteiger partial charge in [-0.25, -0.2) is 8.78 Å². The summed E-state index contributed by atoms with van der Waals surface area (Å²) in [5, 5.41) is 2.90. The molecule has 2 rings (SSSR count). The van der Waals surface area contributed by atoms with Gasteiger partial charge in [0, 0.05) is 19.6 Å². The Morgan fingerprint density at radius 2 is 1.95 bits per heavy atom. The van der Waals surface area contributed by atoms with Gasteiger partial charge in [-0.15, -0.1) is 0 Å². The van der Waals surface area contributed by atoms with Gasteiger partial charge < -0.3 is 10.2 Å². The maximum Gasteiger partial charge on any atom is 0.149 e. The molecule has 2 nitrogen and oxygen atoms in total. The maximum atomic E-state index is 14.1. The smallest absolute Gasteiger partial charge is 0.149 e. The molecule has 1 saturated heterocycles. The first-order chi connectivity index (χ1) is 9.02. The molecule has 1 heterocycles. The van der Waals surface area contributed by atoms with Gasteiger partial charge in [-0.3, -0.25) is 0 Å². The van der Waals surface area contributed by atoms with Crippen molar-refractivity contribution in [2.75, 3.05) is 25.0 Å². The Labute approximate surface area is 113 Å². The number of hydrogen-bond donors (Lipinski definition) is 1. The van der Waals surface area contributed by atoms with Crippen LogP contribution in [0.25, 0.3) is 0 Å². The summed E-state index contributed by atoms with van der Waals surface area (Å²) in [6.07, 6.45) is 1.01. The van der Waals surface area contributed by atoms with Crippen molar-refractivity contribution < 1.29 is 8.78 Å². The summed E-state index contributed by atoms with van der Waals surface area (Å²) in [5.74, 6) is 0.180. The van der Waals surface area contributed by atoms with E-state index in [2.05, 4.69) is 19.2 Å². The van der Waals surface area contributed by atoms with E-state index in [0.29, 0.717) is 23.9 Å². The van der Waals surface area contributed by atoms with Crippen molar-refractivity contribution in [3.8, 4) is 0 Å². The van der Waals surface area contributed by atoms with E-state index in [0.717, 1.165) is 19.5 Å². The van der Waals surface area contributed by atoms with E-state index < -0.39 is 11.6 Å². The first-order valence-electron chi connectivity index (χ1n) is 6.90. The van der Waals surface area contributed by atoms with Gasteiger partial charge in [0.2, 0.25) is 0 Å². The van der Waals surface area contributed by atoms with Crippen LogP contribution in [-0.2, 0) is 6.54 Å². The summed E-state index contributed by atoms with van der Waals surface area (Å²) in [6.45, 7) is 6.29. The molecule has 0 aromatic heterocycles. The van der Waals surface area contributed by atoms with Crippen molar-refractivity contribution in [1.82, 2.24) is 5.32 Å². The molecule has 0 radical (unpaired) electrons. The summed E-state index contributed by atoms with van der Waals surface area (Å²) in [4.78, 5) is 1.85. The van der Waals surface area contributed by atoms with Gasteiger partial charge in [0.15, 0.2) is 0 Å². The van der Waals surface area contributed by atoms with Gasteiger partial charge >= 0.3 is 0 Å². The maximum absolute atomic E-state index is 14.1. The topological polar surface area (TPSA) is 15.3 Å². The van der Waals surface area contributed by atoms with Crippen LogP contribution in [0.15, 0.2) is 12.1 Å². The van der Waals surface area contributed by atoms with Crippen LogP contribution < -0.4 is 10.2 Å². The summed E-state index contributed by atoms with van der Waals surface area (Å²) < 4.78 is 28.2. The molecule has 106 valence electrons. The van der Waals surface area contributed by atoms with E-state index in [9.17, 15) is 8.78 Å². The average molecular weight is 268 g/mol. The molecule has 0 amide bonds. The molecule has 1 aromatic carbocycles. The first kappa shape index (κ1) is 14.3. The number of hydrogen-bond acceptors (Lipinski definition) is 2. The lowest BCUT2D eigenvalue weighted by molar-refractivity contribution is 0.422. The second-order valence-corrected chi connectivity index (χ2v) is 5.68. The summed E-state index contributed by atoms with van der Waals surface area (Å²) in [5.41, 5.74) is 0.781. The van der Waals surface area contributed by atoms with Crippen molar-refractivity contribution in [3.05, 3.63) is 29.3 Å². The van der Waals surface area contributed by atoms with E-state index in [4.69, 9.17) is 0 Å². The number of nitrogens with zero attached hydrogens (tertiary/aromatic N) is 1. The SMILES string of the molecule is CNCc1cc(F)c(N2CCC(C(C)C)C2)c(F)c1. The van der Waals surface area contributed by atoms with E-state index in [1.54, 1.807) is 7.05 Å². The van der Waals surface area contributed by atoms with E-state index in [-0.39, 0.29) is 5.69 Å². The van der Waals surface area contributed by atoms with Crippen molar-refractivity contribution in [1.29, 1.82) is 0 Å². The number of rotatable bonds is 4. The largest absolute Gasteiger partial charge is 0.366 e. The molecule has 0 saturated carbocycles. The Hall–Kier alpha value is -1.16. The predicted octanol–water partition coefficient (Wildman–Crippen LogP) is 3.17. The van der Waals surface area contributed by atoms with Gasteiger partial charge in [0.1, 0.15) is 17.3 Å². The van der Waals surface area contributed by atoms with Crippen LogP contribution in [0.3, 0.4) is 0 Å². The fourth-order valence-electron chi connectivity index (χ4n) is 2.76. The van der Waals surface area contributed by atoms with Crippen molar-refractivity contribution >= 4 is 5.69 Å². The highest BCUT2D eigenvalue weighted by atomic mass is 19.1. The second-order valence-electron chi connectivity index (χ2n) is 5.68. The first-order valence-corrected chi connectivity index (χ1v) is 6.90. The lowest BCUT2D eigenvalue weighted by Gasteiger charge is -2.21. The van der Waals surface area contributed by atoms with Crippen LogP contribution in [0, 0.1) is 23.5 Å². The fraction of sp³-hybridized carbons (Fsp3) is 0.600. The molecule has 1 aromatic rings. The van der Waals surface area contributed by atoms with Gasteiger partial charge in [0.25, 0.3) is 0 Å². The summed E-state index contributed by atoms with van der Waals surface area (Å²) >= 11 is 0. The third-order valence-electron chi connectivity index (χ3n) is 3.94. The molecule has 1 N–H and O–H groups in total. The average Bonchev–Trinajstić information content (AvgIpc) is 2.78. The minimum absolute atomic E-state index is 0.142. The van der Waals surface area contributed by atoms with Gasteiger partial charge in [-0.05, 0) is 43.0 Å². The van der Waals surface area contributed by atoms with E-state index >= 15 is 0 Å². The highest BCUT2D eigenvalue weighted by Gasteiger charge is 2.28. The Morgan fingerprint density at radius 3 is 2.42 bits per heavy atom. The molecule has 0 spiro atoms. The van der Waals surface area contributed by atoms with Crippen LogP contribution >= 0.6 is 0 Å². The minimum atomic E-state index is -0.449. The molecule has 0 aliphatic carbocycles. The highest BCUT2D eigenvalue weighted by Crippen LogP contribution is 2.32. The highest BCUT2D eigenvalue weighted by molar-refractivity contribution is 5.51. The molecular formula is C15H22F2N2. The molecule has 19 heavy (non-hydrogen) atoms. The Bertz CT molecular complexity index is 423. The number of nitrogens with one attached hydrogen (secondary N) is 1. The number of anilines is 1. The molecule has 1 unspecified atom stereocenters. The van der Waals surface area contributed by atoms with Crippen LogP contribution in [0.2, 0.25) is 0 Å². The normalized spacial score (nSPS) is 19.5. The van der Waals surface area contributed by atoms with Crippen LogP contribution in [0.1, 0.15) is 25.8 Å². The molecule has 1 atom stereocenters. The third kappa shape index (κ3) is 3.06. The fourth-order valence-corrected chi connectivity index (χ4v) is 2.76. The Kier molecular flexibility index (Phi) is 4.40. The molecule has 1 fully saturated rings. The molecular weight excluding hydrogens is 246 g/mol. The van der Waals surface area contributed by atoms with Gasteiger partial charge in [-0.1, -0.05) is 13.8 Å². The standard InChI is InChI=1S/C15H22F2N2/c1-10(2)12-4-5-19(9-12)15-13(16)6-11(8-18-3)7-14(15)17/h6-7,10,12,18H,4-5,8-9H2,1-3H3. The molecule has 1 aliphatic rings. The van der Waals surface area contributed by atoms with Gasteiger partial charge in [-0.2, -0.15) is 0 Å². The summed E-state index contributed by atoms with van der Waals surface area (Å²) in [7, 11) is 1.76. The van der Waals surface area contributed by atoms with E-state index in [1.807, 2.05) is 4.90 Å². The zero-order valence-corrected chi connectivity index (χ0v) is 11.8. The monoisotopic (exact) mass is 268 g/mol. The second kappa shape index (κ2) is 5.87.